The molecule has 1 N–H and O–H groups in total. The Morgan fingerprint density at radius 3 is 2.65 bits per heavy atom. The topological polar surface area (TPSA) is 21.3 Å². The maximum atomic E-state index is 5.07. The molecule has 2 nitrogen and oxygen atoms in total. The molecule has 0 radical (unpaired) electrons. The molecular formula is C15H29NO. The number of nitrogens with one attached hydrogen (secondary N) is 1. The Morgan fingerprint density at radius 1 is 1.24 bits per heavy atom. The van der Waals surface area contributed by atoms with Gasteiger partial charge in [0.1, 0.15) is 0 Å². The van der Waals surface area contributed by atoms with Crippen LogP contribution >= 0.6 is 0 Å². The molecule has 2 fully saturated rings. The highest BCUT2D eigenvalue weighted by Gasteiger charge is 2.57. The zero-order chi connectivity index (χ0) is 12.5. The smallest absolute Gasteiger partial charge is 0.0587 e. The van der Waals surface area contributed by atoms with Crippen molar-refractivity contribution in [2.45, 2.75) is 46.5 Å². The molecule has 0 aromatic heterocycles. The van der Waals surface area contributed by atoms with Crippen molar-refractivity contribution >= 4 is 0 Å². The molecule has 0 aromatic rings. The van der Waals surface area contributed by atoms with Crippen LogP contribution in [-0.4, -0.2) is 26.8 Å². The maximum absolute atomic E-state index is 5.07. The second kappa shape index (κ2) is 4.89. The minimum Gasteiger partial charge on any atom is -0.383 e. The first-order chi connectivity index (χ1) is 7.97. The zero-order valence-corrected chi connectivity index (χ0v) is 12.0. The number of methoxy groups -OCH3 is 1. The molecule has 17 heavy (non-hydrogen) atoms. The number of ether oxygens (including phenoxy) is 1. The van der Waals surface area contributed by atoms with E-state index in [9.17, 15) is 0 Å². The molecule has 1 spiro atoms. The summed E-state index contributed by atoms with van der Waals surface area (Å²) in [7, 11) is 1.77. The molecule has 0 saturated heterocycles. The summed E-state index contributed by atoms with van der Waals surface area (Å²) in [5.41, 5.74) is 1.26. The van der Waals surface area contributed by atoms with Gasteiger partial charge in [0.2, 0.25) is 0 Å². The van der Waals surface area contributed by atoms with E-state index in [1.54, 1.807) is 7.11 Å². The summed E-state index contributed by atoms with van der Waals surface area (Å²) in [6.07, 6.45) is 5.79. The van der Waals surface area contributed by atoms with Crippen molar-refractivity contribution < 1.29 is 4.74 Å². The molecule has 0 bridgehead atoms. The lowest BCUT2D eigenvalue weighted by Crippen LogP contribution is -2.32. The SMILES string of the molecule is COCCNCC1CC12CC(C)CC(C)(C)C2. The highest BCUT2D eigenvalue weighted by molar-refractivity contribution is 5.08. The molecule has 2 aliphatic carbocycles. The van der Waals surface area contributed by atoms with Crippen LogP contribution in [0.2, 0.25) is 0 Å². The van der Waals surface area contributed by atoms with Crippen molar-refractivity contribution in [1.82, 2.24) is 5.32 Å². The quantitative estimate of drug-likeness (QED) is 0.745. The fourth-order valence-electron chi connectivity index (χ4n) is 4.44. The van der Waals surface area contributed by atoms with Crippen LogP contribution in [0.15, 0.2) is 0 Å². The van der Waals surface area contributed by atoms with Crippen LogP contribution in [0.3, 0.4) is 0 Å². The normalized spacial score (nSPS) is 39.5. The maximum Gasteiger partial charge on any atom is 0.0587 e. The van der Waals surface area contributed by atoms with E-state index in [0.717, 1.165) is 25.0 Å². The van der Waals surface area contributed by atoms with E-state index in [1.165, 1.54) is 32.2 Å². The Kier molecular flexibility index (Phi) is 3.84. The van der Waals surface area contributed by atoms with E-state index in [-0.39, 0.29) is 0 Å². The Balaban J connectivity index is 1.78. The lowest BCUT2D eigenvalue weighted by atomic mass is 9.65. The average Bonchev–Trinajstić information content (AvgIpc) is 2.81. The van der Waals surface area contributed by atoms with Gasteiger partial charge in [0, 0.05) is 13.7 Å². The van der Waals surface area contributed by atoms with Crippen LogP contribution in [0.5, 0.6) is 0 Å². The zero-order valence-electron chi connectivity index (χ0n) is 12.0. The van der Waals surface area contributed by atoms with Crippen molar-refractivity contribution in [3.05, 3.63) is 0 Å². The van der Waals surface area contributed by atoms with Gasteiger partial charge in [-0.05, 0) is 54.9 Å². The molecule has 2 saturated carbocycles. The fraction of sp³-hybridized carbons (Fsp3) is 1.00. The first kappa shape index (κ1) is 13.4. The van der Waals surface area contributed by atoms with Gasteiger partial charge in [-0.2, -0.15) is 0 Å². The van der Waals surface area contributed by atoms with Gasteiger partial charge in [-0.15, -0.1) is 0 Å². The first-order valence-corrected chi connectivity index (χ1v) is 7.17. The lowest BCUT2D eigenvalue weighted by Gasteiger charge is -2.40. The largest absolute Gasteiger partial charge is 0.383 e. The number of rotatable bonds is 5. The second-order valence-electron chi connectivity index (χ2n) is 7.31. The molecule has 0 aromatic carbocycles. The molecule has 100 valence electrons. The Hall–Kier alpha value is -0.0800. The third-order valence-electron chi connectivity index (χ3n) is 4.72. The Bertz CT molecular complexity index is 264. The minimum atomic E-state index is 0.568. The van der Waals surface area contributed by atoms with Gasteiger partial charge in [0.15, 0.2) is 0 Å². The molecule has 0 amide bonds. The molecule has 3 unspecified atom stereocenters. The molecule has 2 rings (SSSR count). The summed E-state index contributed by atoms with van der Waals surface area (Å²) >= 11 is 0. The first-order valence-electron chi connectivity index (χ1n) is 7.17. The van der Waals surface area contributed by atoms with E-state index < -0.39 is 0 Å². The van der Waals surface area contributed by atoms with Crippen LogP contribution in [0.1, 0.15) is 46.5 Å². The molecular weight excluding hydrogens is 210 g/mol. The summed E-state index contributed by atoms with van der Waals surface area (Å²) in [4.78, 5) is 0. The van der Waals surface area contributed by atoms with Gasteiger partial charge < -0.3 is 10.1 Å². The average molecular weight is 239 g/mol. The molecule has 2 aliphatic rings. The van der Waals surface area contributed by atoms with E-state index >= 15 is 0 Å². The van der Waals surface area contributed by atoms with Crippen molar-refractivity contribution in [2.75, 3.05) is 26.8 Å². The molecule has 2 heteroatoms. The van der Waals surface area contributed by atoms with Gasteiger partial charge in [0.05, 0.1) is 6.61 Å². The predicted octanol–water partition coefficient (Wildman–Crippen LogP) is 3.07. The van der Waals surface area contributed by atoms with Gasteiger partial charge in [-0.25, -0.2) is 0 Å². The Morgan fingerprint density at radius 2 is 2.00 bits per heavy atom. The monoisotopic (exact) mass is 239 g/mol. The lowest BCUT2D eigenvalue weighted by molar-refractivity contribution is 0.107. The van der Waals surface area contributed by atoms with Crippen LogP contribution < -0.4 is 5.32 Å². The number of hydrogen-bond acceptors (Lipinski definition) is 2. The van der Waals surface area contributed by atoms with E-state index in [4.69, 9.17) is 4.74 Å². The molecule has 0 aliphatic heterocycles. The van der Waals surface area contributed by atoms with Gasteiger partial charge in [-0.3, -0.25) is 0 Å². The third kappa shape index (κ3) is 3.23. The van der Waals surface area contributed by atoms with Gasteiger partial charge in [-0.1, -0.05) is 20.8 Å². The summed E-state index contributed by atoms with van der Waals surface area (Å²) in [6, 6.07) is 0. The molecule has 0 heterocycles. The summed E-state index contributed by atoms with van der Waals surface area (Å²) in [5.74, 6) is 1.85. The van der Waals surface area contributed by atoms with Crippen molar-refractivity contribution in [2.24, 2.45) is 22.7 Å². The van der Waals surface area contributed by atoms with Crippen molar-refractivity contribution in [1.29, 1.82) is 0 Å². The van der Waals surface area contributed by atoms with Crippen LogP contribution in [-0.2, 0) is 4.74 Å². The van der Waals surface area contributed by atoms with E-state index in [2.05, 4.69) is 26.1 Å². The van der Waals surface area contributed by atoms with Crippen LogP contribution in [0.4, 0.5) is 0 Å². The van der Waals surface area contributed by atoms with Crippen molar-refractivity contribution in [3.8, 4) is 0 Å². The Labute approximate surface area is 107 Å². The standard InChI is InChI=1S/C15H29NO/c1-12-7-14(2,3)11-15(8-12)9-13(15)10-16-5-6-17-4/h12-13,16H,5-11H2,1-4H3. The second-order valence-corrected chi connectivity index (χ2v) is 7.31. The minimum absolute atomic E-state index is 0.568. The van der Waals surface area contributed by atoms with Crippen molar-refractivity contribution in [3.63, 3.8) is 0 Å². The summed E-state index contributed by atoms with van der Waals surface area (Å²) < 4.78 is 5.07. The highest BCUT2D eigenvalue weighted by Crippen LogP contribution is 2.65. The van der Waals surface area contributed by atoms with Crippen LogP contribution in [0.25, 0.3) is 0 Å². The third-order valence-corrected chi connectivity index (χ3v) is 4.72. The summed E-state index contributed by atoms with van der Waals surface area (Å²) in [6.45, 7) is 10.4. The van der Waals surface area contributed by atoms with Crippen LogP contribution in [0, 0.1) is 22.7 Å². The molecule has 3 atom stereocenters. The predicted molar refractivity (Wildman–Crippen MR) is 72.1 cm³/mol. The van der Waals surface area contributed by atoms with Gasteiger partial charge in [0.25, 0.3) is 0 Å². The van der Waals surface area contributed by atoms with E-state index in [1.807, 2.05) is 0 Å². The number of hydrogen-bond donors (Lipinski definition) is 1. The van der Waals surface area contributed by atoms with Gasteiger partial charge >= 0.3 is 0 Å². The highest BCUT2D eigenvalue weighted by atomic mass is 16.5. The van der Waals surface area contributed by atoms with E-state index in [0.29, 0.717) is 10.8 Å². The fourth-order valence-corrected chi connectivity index (χ4v) is 4.44. The summed E-state index contributed by atoms with van der Waals surface area (Å²) in [5, 5.41) is 3.54.